The molecule has 3 aromatic rings. The molecule has 0 N–H and O–H groups in total. The third kappa shape index (κ3) is 2.86. The summed E-state index contributed by atoms with van der Waals surface area (Å²) < 4.78 is 0. The molecule has 0 amide bonds. The number of rotatable bonds is 1. The summed E-state index contributed by atoms with van der Waals surface area (Å²) in [6.07, 6.45) is 6.77. The molecular weight excluding hydrogens is 378 g/mol. The molecule has 0 radical (unpaired) electrons. The van der Waals surface area contributed by atoms with Crippen molar-refractivity contribution >= 4 is 28.2 Å². The van der Waals surface area contributed by atoms with E-state index in [0.29, 0.717) is 5.22 Å². The highest BCUT2D eigenvalue weighted by Crippen LogP contribution is 2.50. The average Bonchev–Trinajstić information content (AvgIpc) is 3.02. The maximum absolute atomic E-state index is 9.36. The number of para-hydroxylation sites is 1. The van der Waals surface area contributed by atoms with Crippen molar-refractivity contribution in [2.45, 2.75) is 32.1 Å². The summed E-state index contributed by atoms with van der Waals surface area (Å²) in [6, 6.07) is 20.7. The number of fused-ring (bicyclic) bond motifs is 1. The Morgan fingerprint density at radius 2 is 1.87 bits per heavy atom. The Hall–Kier alpha value is -3.82. The Kier molecular flexibility index (Phi) is 4.42. The molecule has 0 aliphatic carbocycles. The van der Waals surface area contributed by atoms with E-state index in [1.54, 1.807) is 0 Å². The summed E-state index contributed by atoms with van der Waals surface area (Å²) in [7, 11) is 0. The number of nitriles is 1. The Morgan fingerprint density at radius 3 is 2.65 bits per heavy atom. The van der Waals surface area contributed by atoms with Gasteiger partial charge in [0, 0.05) is 23.3 Å². The van der Waals surface area contributed by atoms with Gasteiger partial charge in [-0.2, -0.15) is 0 Å². The molecule has 2 aliphatic heterocycles. The standard InChI is InChI=1S/C28H23N3/c1-28(2)24-12-6-8-20-9-7-17-31(27(20)24)26(28)16-14-19-13-15-23(25(18-29)30-3)22-11-5-4-10-21(19)22/h4-6,8,10-16H,7,9,17H2,1-2H3/b19-14+,25-23-,26-16-. The highest BCUT2D eigenvalue weighted by molar-refractivity contribution is 5.88. The second kappa shape index (κ2) is 7.15. The molecule has 0 unspecified atom stereocenters. The fourth-order valence-corrected chi connectivity index (χ4v) is 5.16. The van der Waals surface area contributed by atoms with Gasteiger partial charge in [0.05, 0.1) is 12.6 Å². The molecule has 3 heteroatoms. The lowest BCUT2D eigenvalue weighted by molar-refractivity contribution is 0.626. The molecule has 3 nitrogen and oxygen atoms in total. The number of hydrogen-bond donors (Lipinski definition) is 0. The Bertz CT molecular complexity index is 1440. The van der Waals surface area contributed by atoms with E-state index < -0.39 is 0 Å². The average molecular weight is 402 g/mol. The van der Waals surface area contributed by atoms with E-state index >= 15 is 0 Å². The predicted octanol–water partition coefficient (Wildman–Crippen LogP) is 4.80. The number of allylic oxidation sites excluding steroid dienone is 2. The summed E-state index contributed by atoms with van der Waals surface area (Å²) in [6.45, 7) is 13.0. The summed E-state index contributed by atoms with van der Waals surface area (Å²) >= 11 is 0. The summed E-state index contributed by atoms with van der Waals surface area (Å²) in [5.74, 6) is 0. The molecule has 0 atom stereocenters. The molecule has 5 rings (SSSR count). The predicted molar refractivity (Wildman–Crippen MR) is 127 cm³/mol. The first-order chi connectivity index (χ1) is 15.1. The van der Waals surface area contributed by atoms with Crippen molar-refractivity contribution in [1.29, 1.82) is 5.26 Å². The maximum Gasteiger partial charge on any atom is 0.269 e. The Labute approximate surface area is 182 Å². The van der Waals surface area contributed by atoms with Crippen molar-refractivity contribution in [1.82, 2.24) is 0 Å². The number of aryl methyl sites for hydroxylation is 1. The molecule has 31 heavy (non-hydrogen) atoms. The van der Waals surface area contributed by atoms with Gasteiger partial charge >= 0.3 is 0 Å². The molecule has 0 fully saturated rings. The van der Waals surface area contributed by atoms with Gasteiger partial charge in [0.2, 0.25) is 0 Å². The SMILES string of the molecule is [C-]#[N+]/C(C#N)=c1/cc/c(=C\C=C2/N3CCCc4cccc(c43)C2(C)C)c2ccccc12. The van der Waals surface area contributed by atoms with Crippen LogP contribution in [0.15, 0.2) is 66.4 Å². The van der Waals surface area contributed by atoms with Crippen LogP contribution in [0.3, 0.4) is 0 Å². The van der Waals surface area contributed by atoms with E-state index in [0.717, 1.165) is 29.0 Å². The van der Waals surface area contributed by atoms with E-state index in [9.17, 15) is 5.26 Å². The van der Waals surface area contributed by atoms with Crippen LogP contribution in [0.1, 0.15) is 31.4 Å². The maximum atomic E-state index is 9.36. The molecule has 2 aliphatic rings. The van der Waals surface area contributed by atoms with Gasteiger partial charge in [-0.05, 0) is 51.3 Å². The van der Waals surface area contributed by atoms with Gasteiger partial charge < -0.3 is 4.90 Å². The fourth-order valence-electron chi connectivity index (χ4n) is 5.16. The van der Waals surface area contributed by atoms with E-state index in [1.165, 1.54) is 28.9 Å². The first-order valence-electron chi connectivity index (χ1n) is 10.7. The number of anilines is 1. The molecule has 3 aromatic carbocycles. The molecule has 150 valence electrons. The summed E-state index contributed by atoms with van der Waals surface area (Å²) in [4.78, 5) is 5.92. The van der Waals surface area contributed by atoms with Gasteiger partial charge in [-0.15, -0.1) is 0 Å². The lowest BCUT2D eigenvalue weighted by Gasteiger charge is -2.30. The third-order valence-corrected chi connectivity index (χ3v) is 6.67. The van der Waals surface area contributed by atoms with Crippen LogP contribution in [0.2, 0.25) is 0 Å². The van der Waals surface area contributed by atoms with Crippen molar-refractivity contribution < 1.29 is 0 Å². The van der Waals surface area contributed by atoms with Crippen LogP contribution in [0.5, 0.6) is 0 Å². The van der Waals surface area contributed by atoms with Crippen LogP contribution < -0.4 is 15.3 Å². The second-order valence-corrected chi connectivity index (χ2v) is 8.73. The molecule has 0 spiro atoms. The first kappa shape index (κ1) is 19.2. The minimum Gasteiger partial charge on any atom is -0.344 e. The minimum absolute atomic E-state index is 0.0478. The molecule has 0 aromatic heterocycles. The Balaban J connectivity index is 1.73. The second-order valence-electron chi connectivity index (χ2n) is 8.73. The van der Waals surface area contributed by atoms with Crippen LogP contribution in [-0.2, 0) is 11.8 Å². The highest BCUT2D eigenvalue weighted by Gasteiger charge is 2.41. The quantitative estimate of drug-likeness (QED) is 0.549. The zero-order chi connectivity index (χ0) is 21.6. The molecule has 2 heterocycles. The molecule has 0 saturated heterocycles. The molecule has 0 bridgehead atoms. The summed E-state index contributed by atoms with van der Waals surface area (Å²) in [5, 5.41) is 13.2. The van der Waals surface area contributed by atoms with E-state index in [4.69, 9.17) is 6.57 Å². The normalized spacial score (nSPS) is 19.2. The van der Waals surface area contributed by atoms with Crippen LogP contribution in [0, 0.1) is 17.9 Å². The third-order valence-electron chi connectivity index (χ3n) is 6.67. The van der Waals surface area contributed by atoms with Crippen LogP contribution in [0.4, 0.5) is 5.69 Å². The fraction of sp³-hybridized carbons (Fsp3) is 0.214. The summed E-state index contributed by atoms with van der Waals surface area (Å²) in [5.41, 5.74) is 5.68. The largest absolute Gasteiger partial charge is 0.344 e. The first-order valence-corrected chi connectivity index (χ1v) is 10.7. The van der Waals surface area contributed by atoms with Crippen molar-refractivity contribution in [2.75, 3.05) is 11.4 Å². The highest BCUT2D eigenvalue weighted by atomic mass is 15.2. The van der Waals surface area contributed by atoms with Gasteiger partial charge in [0.25, 0.3) is 5.70 Å². The van der Waals surface area contributed by atoms with Crippen molar-refractivity contribution in [3.63, 3.8) is 0 Å². The number of benzene rings is 3. The minimum atomic E-state index is -0.0478. The van der Waals surface area contributed by atoms with Gasteiger partial charge in [-0.3, -0.25) is 0 Å². The van der Waals surface area contributed by atoms with Gasteiger partial charge in [0.15, 0.2) is 0 Å². The van der Waals surface area contributed by atoms with Gasteiger partial charge in [-0.1, -0.05) is 74.5 Å². The van der Waals surface area contributed by atoms with E-state index in [2.05, 4.69) is 60.0 Å². The zero-order valence-electron chi connectivity index (χ0n) is 17.8. The number of nitrogens with zero attached hydrogens (tertiary/aromatic N) is 3. The van der Waals surface area contributed by atoms with Crippen molar-refractivity contribution in [2.24, 2.45) is 0 Å². The van der Waals surface area contributed by atoms with E-state index in [1.807, 2.05) is 36.4 Å². The van der Waals surface area contributed by atoms with Crippen LogP contribution in [0.25, 0.3) is 27.4 Å². The lowest BCUT2D eigenvalue weighted by atomic mass is 9.83. The topological polar surface area (TPSA) is 31.4 Å². The van der Waals surface area contributed by atoms with E-state index in [-0.39, 0.29) is 11.1 Å². The number of hydrogen-bond acceptors (Lipinski definition) is 2. The zero-order valence-corrected chi connectivity index (χ0v) is 17.8. The molecular formula is C28H23N3. The molecule has 0 saturated carbocycles. The smallest absolute Gasteiger partial charge is 0.269 e. The van der Waals surface area contributed by atoms with Crippen LogP contribution in [-0.4, -0.2) is 6.54 Å². The van der Waals surface area contributed by atoms with Crippen molar-refractivity contribution in [3.05, 3.63) is 99.4 Å². The monoisotopic (exact) mass is 401 g/mol. The van der Waals surface area contributed by atoms with Gasteiger partial charge in [0.1, 0.15) is 0 Å². The lowest BCUT2D eigenvalue weighted by Crippen LogP contribution is -2.29. The van der Waals surface area contributed by atoms with Crippen LogP contribution >= 0.6 is 0 Å². The van der Waals surface area contributed by atoms with Gasteiger partial charge in [-0.25, -0.2) is 10.1 Å². The Morgan fingerprint density at radius 1 is 1.06 bits per heavy atom. The van der Waals surface area contributed by atoms with Crippen molar-refractivity contribution in [3.8, 4) is 6.07 Å².